The van der Waals surface area contributed by atoms with Crippen molar-refractivity contribution >= 4 is 34.4 Å². The Bertz CT molecular complexity index is 1380. The fourth-order valence-corrected chi connectivity index (χ4v) is 5.50. The summed E-state index contributed by atoms with van der Waals surface area (Å²) in [5, 5.41) is -0.0667. The Morgan fingerprint density at radius 2 is 1.53 bits per heavy atom. The van der Waals surface area contributed by atoms with Crippen molar-refractivity contribution < 1.29 is 31.2 Å². The number of halogens is 1. The summed E-state index contributed by atoms with van der Waals surface area (Å²) in [5.74, 6) is 1.77. The molecule has 0 aliphatic heterocycles. The molecule has 0 unspecified atom stereocenters. The maximum atomic E-state index is 12.2. The molecule has 0 heterocycles. The number of rotatable bonds is 10. The van der Waals surface area contributed by atoms with E-state index in [2.05, 4.69) is 49.8 Å². The van der Waals surface area contributed by atoms with E-state index in [1.807, 2.05) is 48.5 Å². The van der Waals surface area contributed by atoms with Crippen LogP contribution in [0.4, 0.5) is 0 Å². The zero-order valence-corrected chi connectivity index (χ0v) is 26.4. The SMILES string of the molecule is COc1cc(Br)c(OC)c(OS(C)(=O)=O)c1-c1ccc(OCc2ccccc2)c(O[Si](C)(C)C(C)(C)C)c1. The quantitative estimate of drug-likeness (QED) is 0.172. The molecular weight excluding hydrogens is 588 g/mol. The maximum absolute atomic E-state index is 12.2. The van der Waals surface area contributed by atoms with Gasteiger partial charge < -0.3 is 22.8 Å². The summed E-state index contributed by atoms with van der Waals surface area (Å²) in [6, 6.07) is 17.1. The first-order chi connectivity index (χ1) is 17.7. The molecule has 0 aliphatic carbocycles. The van der Waals surface area contributed by atoms with E-state index >= 15 is 0 Å². The molecule has 0 fully saturated rings. The van der Waals surface area contributed by atoms with E-state index < -0.39 is 18.4 Å². The van der Waals surface area contributed by atoms with Gasteiger partial charge in [-0.25, -0.2) is 0 Å². The molecule has 38 heavy (non-hydrogen) atoms. The fraction of sp³-hybridized carbons (Fsp3) is 0.357. The van der Waals surface area contributed by atoms with Crippen LogP contribution in [0.3, 0.4) is 0 Å². The van der Waals surface area contributed by atoms with E-state index in [4.69, 9.17) is 22.8 Å². The zero-order valence-electron chi connectivity index (χ0n) is 23.0. The van der Waals surface area contributed by atoms with Gasteiger partial charge in [0.15, 0.2) is 17.2 Å². The van der Waals surface area contributed by atoms with Crippen LogP contribution in [0.1, 0.15) is 26.3 Å². The number of hydrogen-bond donors (Lipinski definition) is 0. The van der Waals surface area contributed by atoms with Crippen LogP contribution >= 0.6 is 15.9 Å². The van der Waals surface area contributed by atoms with Crippen LogP contribution in [-0.2, 0) is 16.7 Å². The Hall–Kier alpha value is -2.69. The van der Waals surface area contributed by atoms with Gasteiger partial charge in [-0.2, -0.15) is 8.42 Å². The normalized spacial score (nSPS) is 12.1. The van der Waals surface area contributed by atoms with E-state index in [0.717, 1.165) is 11.8 Å². The fourth-order valence-electron chi connectivity index (χ4n) is 3.47. The number of hydrogen-bond acceptors (Lipinski definition) is 7. The molecule has 0 saturated carbocycles. The highest BCUT2D eigenvalue weighted by atomic mass is 79.9. The molecule has 0 aromatic heterocycles. The van der Waals surface area contributed by atoms with Crippen molar-refractivity contribution in [1.82, 2.24) is 0 Å². The van der Waals surface area contributed by atoms with Crippen LogP contribution in [0.25, 0.3) is 11.1 Å². The third-order valence-electron chi connectivity index (χ3n) is 6.45. The second-order valence-corrected chi connectivity index (χ2v) is 17.5. The van der Waals surface area contributed by atoms with Gasteiger partial charge in [-0.15, -0.1) is 0 Å². The summed E-state index contributed by atoms with van der Waals surface area (Å²) in [4.78, 5) is 0. The lowest BCUT2D eigenvalue weighted by atomic mass is 10.0. The maximum Gasteiger partial charge on any atom is 0.306 e. The molecule has 10 heteroatoms. The van der Waals surface area contributed by atoms with Crippen molar-refractivity contribution in [1.29, 1.82) is 0 Å². The molecule has 0 saturated heterocycles. The topological polar surface area (TPSA) is 80.3 Å². The smallest absolute Gasteiger partial charge is 0.306 e. The Morgan fingerprint density at radius 1 is 0.868 bits per heavy atom. The van der Waals surface area contributed by atoms with Crippen LogP contribution < -0.4 is 22.8 Å². The van der Waals surface area contributed by atoms with Crippen LogP contribution in [0.15, 0.2) is 59.1 Å². The van der Waals surface area contributed by atoms with Gasteiger partial charge in [0.2, 0.25) is 0 Å². The Labute approximate surface area is 235 Å². The highest BCUT2D eigenvalue weighted by molar-refractivity contribution is 9.10. The second-order valence-electron chi connectivity index (χ2n) is 10.4. The summed E-state index contributed by atoms with van der Waals surface area (Å²) >= 11 is 3.42. The van der Waals surface area contributed by atoms with Gasteiger partial charge in [0, 0.05) is 0 Å². The minimum Gasteiger partial charge on any atom is -0.541 e. The van der Waals surface area contributed by atoms with Gasteiger partial charge in [-0.05, 0) is 63.4 Å². The minimum atomic E-state index is -3.89. The first-order valence-corrected chi connectivity index (χ1v) is 17.5. The van der Waals surface area contributed by atoms with Gasteiger partial charge in [0.1, 0.15) is 18.1 Å². The molecule has 0 aliphatic rings. The highest BCUT2D eigenvalue weighted by Gasteiger charge is 2.40. The van der Waals surface area contributed by atoms with Crippen molar-refractivity contribution in [2.24, 2.45) is 0 Å². The minimum absolute atomic E-state index is 0.0115. The third-order valence-corrected chi connectivity index (χ3v) is 11.9. The molecule has 0 atom stereocenters. The summed E-state index contributed by atoms with van der Waals surface area (Å²) in [6.07, 6.45) is 0.982. The first kappa shape index (κ1) is 29.9. The molecule has 0 radical (unpaired) electrons. The molecule has 7 nitrogen and oxygen atoms in total. The Morgan fingerprint density at radius 3 is 2.08 bits per heavy atom. The molecule has 0 N–H and O–H groups in total. The van der Waals surface area contributed by atoms with Crippen molar-refractivity contribution in [3.05, 3.63) is 64.6 Å². The molecule has 0 bridgehead atoms. The number of benzene rings is 3. The predicted octanol–water partition coefficient (Wildman–Crippen LogP) is 7.43. The summed E-state index contributed by atoms with van der Waals surface area (Å²) in [5.41, 5.74) is 2.05. The standard InChI is InChI=1S/C28H35BrO7SSi/c1-28(2,3)38(7,8)36-23-16-20(14-15-22(23)34-18-19-12-10-9-11-13-19)25-24(32-4)17-21(29)26(33-5)27(25)35-37(6,30)31/h9-17H,18H2,1-8H3. The average molecular weight is 624 g/mol. The van der Waals surface area contributed by atoms with Gasteiger partial charge in [0.25, 0.3) is 8.32 Å². The van der Waals surface area contributed by atoms with E-state index in [1.54, 1.807) is 6.07 Å². The van der Waals surface area contributed by atoms with E-state index in [0.29, 0.717) is 39.5 Å². The zero-order chi connectivity index (χ0) is 28.3. The lowest BCUT2D eigenvalue weighted by Crippen LogP contribution is -2.43. The van der Waals surface area contributed by atoms with Gasteiger partial charge >= 0.3 is 10.1 Å². The van der Waals surface area contributed by atoms with E-state index in [9.17, 15) is 8.42 Å². The predicted molar refractivity (Wildman–Crippen MR) is 157 cm³/mol. The second kappa shape index (κ2) is 11.6. The summed E-state index contributed by atoms with van der Waals surface area (Å²) < 4.78 is 54.5. The molecule has 0 spiro atoms. The van der Waals surface area contributed by atoms with Crippen LogP contribution in [0, 0.1) is 0 Å². The molecule has 3 rings (SSSR count). The molecule has 0 amide bonds. The lowest BCUT2D eigenvalue weighted by molar-refractivity contribution is 0.294. The molecular formula is C28H35BrO7SSi. The van der Waals surface area contributed by atoms with Crippen LogP contribution in [-0.4, -0.2) is 37.2 Å². The van der Waals surface area contributed by atoms with Crippen molar-refractivity contribution in [2.45, 2.75) is 45.5 Å². The van der Waals surface area contributed by atoms with E-state index in [1.165, 1.54) is 14.2 Å². The number of ether oxygens (including phenoxy) is 3. The summed E-state index contributed by atoms with van der Waals surface area (Å²) in [7, 11) is -3.22. The van der Waals surface area contributed by atoms with Crippen molar-refractivity contribution in [3.63, 3.8) is 0 Å². The van der Waals surface area contributed by atoms with Crippen LogP contribution in [0.5, 0.6) is 28.7 Å². The monoisotopic (exact) mass is 622 g/mol. The molecule has 206 valence electrons. The average Bonchev–Trinajstić information content (AvgIpc) is 2.82. The first-order valence-electron chi connectivity index (χ1n) is 12.0. The van der Waals surface area contributed by atoms with E-state index in [-0.39, 0.29) is 16.5 Å². The van der Waals surface area contributed by atoms with Crippen molar-refractivity contribution in [3.8, 4) is 39.9 Å². The third kappa shape index (κ3) is 7.03. The number of methoxy groups -OCH3 is 2. The highest BCUT2D eigenvalue weighted by Crippen LogP contribution is 2.51. The summed E-state index contributed by atoms with van der Waals surface area (Å²) in [6.45, 7) is 11.2. The van der Waals surface area contributed by atoms with Gasteiger partial charge in [-0.1, -0.05) is 57.2 Å². The van der Waals surface area contributed by atoms with Crippen LogP contribution in [0.2, 0.25) is 18.1 Å². The Balaban J connectivity index is 2.22. The molecule has 3 aromatic rings. The lowest BCUT2D eigenvalue weighted by Gasteiger charge is -2.37. The van der Waals surface area contributed by atoms with Gasteiger partial charge in [-0.3, -0.25) is 0 Å². The van der Waals surface area contributed by atoms with Gasteiger partial charge in [0.05, 0.1) is 30.5 Å². The largest absolute Gasteiger partial charge is 0.541 e. The Kier molecular flexibility index (Phi) is 9.11. The van der Waals surface area contributed by atoms with Crippen molar-refractivity contribution in [2.75, 3.05) is 20.5 Å². The molecule has 3 aromatic carbocycles.